The molecule has 1 amide bonds. The number of guanidine groups is 1. The summed E-state index contributed by atoms with van der Waals surface area (Å²) in [6.45, 7) is 15.8. The Balaban J connectivity index is 1.55. The van der Waals surface area contributed by atoms with E-state index in [0.29, 0.717) is 37.5 Å². The van der Waals surface area contributed by atoms with Crippen LogP contribution in [0.5, 0.6) is 5.75 Å². The van der Waals surface area contributed by atoms with E-state index in [1.165, 1.54) is 11.0 Å². The van der Waals surface area contributed by atoms with Crippen molar-refractivity contribution in [2.24, 2.45) is 16.6 Å². The molecule has 0 aromatic heterocycles. The van der Waals surface area contributed by atoms with Gasteiger partial charge < -0.3 is 30.0 Å². The van der Waals surface area contributed by atoms with Gasteiger partial charge in [-0.25, -0.2) is 9.59 Å². The lowest BCUT2D eigenvalue weighted by atomic mass is 9.94. The third-order valence-corrected chi connectivity index (χ3v) is 9.34. The van der Waals surface area contributed by atoms with E-state index in [4.69, 9.17) is 24.7 Å². The van der Waals surface area contributed by atoms with E-state index in [2.05, 4.69) is 41.2 Å². The highest BCUT2D eigenvalue weighted by Crippen LogP contribution is 2.44. The Labute approximate surface area is 332 Å². The van der Waals surface area contributed by atoms with Crippen LogP contribution in [0.4, 0.5) is 4.79 Å². The summed E-state index contributed by atoms with van der Waals surface area (Å²) in [5.74, 6) is -0.165. The van der Waals surface area contributed by atoms with E-state index >= 15 is 0 Å². The first-order chi connectivity index (χ1) is 26.6. The second-order valence-electron chi connectivity index (χ2n) is 16.1. The van der Waals surface area contributed by atoms with Gasteiger partial charge in [0, 0.05) is 38.9 Å². The number of hydrogen-bond acceptors (Lipinski definition) is 8. The molecule has 0 fully saturated rings. The molecule has 0 spiro atoms. The van der Waals surface area contributed by atoms with Gasteiger partial charge in [-0.2, -0.15) is 0 Å². The Bertz CT molecular complexity index is 1760. The Kier molecular flexibility index (Phi) is 15.5. The van der Waals surface area contributed by atoms with Crippen molar-refractivity contribution in [3.8, 4) is 16.9 Å². The average Bonchev–Trinajstić information content (AvgIpc) is 3.46. The van der Waals surface area contributed by atoms with Gasteiger partial charge in [-0.15, -0.1) is 0 Å². The van der Waals surface area contributed by atoms with Gasteiger partial charge in [0.2, 0.25) is 0 Å². The van der Waals surface area contributed by atoms with E-state index in [1.807, 2.05) is 69.3 Å². The predicted molar refractivity (Wildman–Crippen MR) is 221 cm³/mol. The van der Waals surface area contributed by atoms with E-state index in [0.717, 1.165) is 27.8 Å². The molecule has 0 saturated heterocycles. The average molecular weight is 769 g/mol. The molecule has 0 heterocycles. The van der Waals surface area contributed by atoms with Crippen molar-refractivity contribution in [1.29, 1.82) is 0 Å². The van der Waals surface area contributed by atoms with Gasteiger partial charge in [0.05, 0.1) is 0 Å². The molecule has 3 aromatic carbocycles. The van der Waals surface area contributed by atoms with Gasteiger partial charge in [-0.1, -0.05) is 73.3 Å². The minimum absolute atomic E-state index is 0.0164. The molecule has 3 N–H and O–H groups in total. The summed E-state index contributed by atoms with van der Waals surface area (Å²) in [5.41, 5.74) is 10.0. The zero-order valence-corrected chi connectivity index (χ0v) is 34.1. The Hall–Kier alpha value is -5.32. The summed E-state index contributed by atoms with van der Waals surface area (Å²) in [6, 6.07) is 22.9. The molecule has 0 unspecified atom stereocenters. The standard InChI is InChI=1S/C45H60N4O7/c1-9-27-53-41(51)39(28-32-20-22-33(23-21-32)55-44(2,3)4)49(43(52)56-45(5,6)7)26-24-31(15-14-25-48-42(46)47-8)29-40(50)54-30-38-36-18-12-10-16-34(36)35-17-11-13-19-37(35)38/h9-13,16-23,31,38-39H,1,14-15,24-30H2,2-8H3,(H3,46,47,48)/t31-,39-/m0/s1. The molecule has 3 aromatic rings. The number of esters is 2. The molecule has 11 nitrogen and oxygen atoms in total. The predicted octanol–water partition coefficient (Wildman–Crippen LogP) is 7.81. The van der Waals surface area contributed by atoms with E-state index < -0.39 is 23.7 Å². The molecule has 1 aliphatic rings. The number of rotatable bonds is 18. The van der Waals surface area contributed by atoms with Crippen LogP contribution in [0, 0.1) is 5.92 Å². The highest BCUT2D eigenvalue weighted by molar-refractivity contribution is 5.82. The maximum atomic E-state index is 14.0. The third kappa shape index (κ3) is 13.2. The number of aliphatic imine (C=N–C) groups is 1. The summed E-state index contributed by atoms with van der Waals surface area (Å²) in [7, 11) is 1.61. The van der Waals surface area contributed by atoms with Crippen LogP contribution in [-0.2, 0) is 30.2 Å². The number of carbonyl (C=O) groups is 3. The summed E-state index contributed by atoms with van der Waals surface area (Å²) < 4.78 is 23.4. The zero-order chi connectivity index (χ0) is 40.9. The summed E-state index contributed by atoms with van der Waals surface area (Å²) in [5, 5.41) is 3.08. The van der Waals surface area contributed by atoms with Crippen LogP contribution in [0.25, 0.3) is 11.1 Å². The maximum absolute atomic E-state index is 14.0. The number of hydrogen-bond donors (Lipinski definition) is 2. The first-order valence-corrected chi connectivity index (χ1v) is 19.4. The van der Waals surface area contributed by atoms with Crippen LogP contribution < -0.4 is 15.8 Å². The number of ether oxygens (including phenoxy) is 4. The Morgan fingerprint density at radius 2 is 1.52 bits per heavy atom. The molecular weight excluding hydrogens is 709 g/mol. The lowest BCUT2D eigenvalue weighted by Gasteiger charge is -2.33. The van der Waals surface area contributed by atoms with Crippen molar-refractivity contribution in [2.75, 3.05) is 33.4 Å². The van der Waals surface area contributed by atoms with Gasteiger partial charge in [-0.3, -0.25) is 14.7 Å². The van der Waals surface area contributed by atoms with Crippen LogP contribution >= 0.6 is 0 Å². The number of amides is 1. The van der Waals surface area contributed by atoms with E-state index in [9.17, 15) is 14.4 Å². The van der Waals surface area contributed by atoms with Crippen LogP contribution in [0.2, 0.25) is 0 Å². The fraction of sp³-hybridized carbons (Fsp3) is 0.467. The van der Waals surface area contributed by atoms with Crippen LogP contribution in [-0.4, -0.2) is 79.5 Å². The Morgan fingerprint density at radius 1 is 0.893 bits per heavy atom. The van der Waals surface area contributed by atoms with Crippen molar-refractivity contribution >= 4 is 24.0 Å². The van der Waals surface area contributed by atoms with Gasteiger partial charge in [0.25, 0.3) is 0 Å². The third-order valence-electron chi connectivity index (χ3n) is 9.34. The lowest BCUT2D eigenvalue weighted by Crippen LogP contribution is -2.49. The topological polar surface area (TPSA) is 142 Å². The quantitative estimate of drug-likeness (QED) is 0.0331. The number of fused-ring (bicyclic) bond motifs is 3. The smallest absolute Gasteiger partial charge is 0.411 e. The SMILES string of the molecule is C=CCOC(=O)[C@H](Cc1ccc(OC(C)(C)C)cc1)N(CC[C@H](CCCNC(N)=NC)CC(=O)OCC1c2ccccc2-c2ccccc21)C(=O)OC(C)(C)C. The molecule has 0 aliphatic heterocycles. The summed E-state index contributed by atoms with van der Waals surface area (Å²) in [6.07, 6.45) is 2.82. The number of nitrogens with two attached hydrogens (primary N) is 1. The van der Waals surface area contributed by atoms with Crippen LogP contribution in [0.3, 0.4) is 0 Å². The normalized spacial score (nSPS) is 13.8. The molecule has 302 valence electrons. The zero-order valence-electron chi connectivity index (χ0n) is 34.1. The minimum atomic E-state index is -1.02. The number of nitrogens with one attached hydrogen (secondary N) is 1. The molecule has 11 heteroatoms. The molecule has 0 radical (unpaired) electrons. The van der Waals surface area contributed by atoms with Crippen molar-refractivity contribution in [3.05, 3.63) is 102 Å². The van der Waals surface area contributed by atoms with E-state index in [1.54, 1.807) is 27.8 Å². The fourth-order valence-corrected chi connectivity index (χ4v) is 6.79. The van der Waals surface area contributed by atoms with Gasteiger partial charge in [-0.05, 0) is 107 Å². The molecule has 2 atom stereocenters. The molecule has 1 aliphatic carbocycles. The minimum Gasteiger partial charge on any atom is -0.488 e. The van der Waals surface area contributed by atoms with Crippen molar-refractivity contribution in [1.82, 2.24) is 10.2 Å². The first-order valence-electron chi connectivity index (χ1n) is 19.4. The summed E-state index contributed by atoms with van der Waals surface area (Å²) in [4.78, 5) is 46.7. The van der Waals surface area contributed by atoms with Gasteiger partial charge in [0.15, 0.2) is 5.96 Å². The van der Waals surface area contributed by atoms with Crippen molar-refractivity contribution in [2.45, 2.75) is 96.8 Å². The monoisotopic (exact) mass is 768 g/mol. The second-order valence-corrected chi connectivity index (χ2v) is 16.1. The van der Waals surface area contributed by atoms with Gasteiger partial charge in [0.1, 0.15) is 36.2 Å². The highest BCUT2D eigenvalue weighted by atomic mass is 16.6. The highest BCUT2D eigenvalue weighted by Gasteiger charge is 2.35. The molecule has 0 bridgehead atoms. The van der Waals surface area contributed by atoms with E-state index in [-0.39, 0.29) is 56.0 Å². The number of nitrogens with zero attached hydrogens (tertiary/aromatic N) is 2. The number of carbonyl (C=O) groups excluding carboxylic acids is 3. The van der Waals surface area contributed by atoms with Crippen LogP contribution in [0.1, 0.15) is 89.8 Å². The van der Waals surface area contributed by atoms with Crippen molar-refractivity contribution < 1.29 is 33.3 Å². The molecule has 4 rings (SSSR count). The van der Waals surface area contributed by atoms with Crippen molar-refractivity contribution in [3.63, 3.8) is 0 Å². The Morgan fingerprint density at radius 3 is 2.09 bits per heavy atom. The number of benzene rings is 3. The first kappa shape index (κ1) is 43.4. The molecule has 56 heavy (non-hydrogen) atoms. The maximum Gasteiger partial charge on any atom is 0.411 e. The molecular formula is C45H60N4O7. The molecule has 0 saturated carbocycles. The summed E-state index contributed by atoms with van der Waals surface area (Å²) >= 11 is 0. The largest absolute Gasteiger partial charge is 0.488 e. The lowest BCUT2D eigenvalue weighted by molar-refractivity contribution is -0.149. The van der Waals surface area contributed by atoms with Gasteiger partial charge >= 0.3 is 18.0 Å². The second kappa shape index (κ2) is 20.0. The fourth-order valence-electron chi connectivity index (χ4n) is 6.79. The van der Waals surface area contributed by atoms with Crippen LogP contribution in [0.15, 0.2) is 90.4 Å².